The molecule has 2 bridgehead atoms. The molecule has 1 saturated heterocycles. The molecule has 1 aromatic heterocycles. The molecule has 0 spiro atoms. The lowest BCUT2D eigenvalue weighted by Gasteiger charge is -2.55. The lowest BCUT2D eigenvalue weighted by atomic mass is 9.61. The Morgan fingerprint density at radius 3 is 2.96 bits per heavy atom. The molecular weight excluding hydrogens is 356 g/mol. The molecule has 0 unspecified atom stereocenters. The van der Waals surface area contributed by atoms with Gasteiger partial charge in [0.25, 0.3) is 5.91 Å². The number of fused-ring (bicyclic) bond motifs is 4. The fourth-order valence-corrected chi connectivity index (χ4v) is 5.75. The Hall–Kier alpha value is -1.85. The second kappa shape index (κ2) is 6.35. The number of benzene rings is 1. The monoisotopic (exact) mass is 382 g/mol. The standard InChI is InChI=1S/C22H26N2O2S/c1-22-7-8-24(12-14-2-3-14)19(10-15-4-5-17(25)11-18(15)22)20(22)23-21(26)16-6-9-27-13-16/h4-6,9,11,13-14,19-20,25H,2-3,7-8,10,12H2,1H3,(H,23,26)/t19-,20+,22+/m1/s1. The maximum atomic E-state index is 12.9. The highest BCUT2D eigenvalue weighted by Gasteiger charge is 2.52. The maximum absolute atomic E-state index is 12.9. The van der Waals surface area contributed by atoms with E-state index in [9.17, 15) is 9.90 Å². The molecule has 5 rings (SSSR count). The van der Waals surface area contributed by atoms with Gasteiger partial charge in [0.1, 0.15) is 5.75 Å². The number of likely N-dealkylation sites (tertiary alicyclic amines) is 1. The van der Waals surface area contributed by atoms with Gasteiger partial charge in [-0.25, -0.2) is 0 Å². The summed E-state index contributed by atoms with van der Waals surface area (Å²) >= 11 is 1.55. The van der Waals surface area contributed by atoms with Gasteiger partial charge in [0.2, 0.25) is 0 Å². The van der Waals surface area contributed by atoms with Gasteiger partial charge < -0.3 is 10.4 Å². The first-order valence-electron chi connectivity index (χ1n) is 9.94. The van der Waals surface area contributed by atoms with Crippen molar-refractivity contribution in [2.45, 2.75) is 50.1 Å². The third-order valence-electron chi connectivity index (χ3n) is 6.86. The van der Waals surface area contributed by atoms with Gasteiger partial charge in [0, 0.05) is 28.9 Å². The number of hydrogen-bond donors (Lipinski definition) is 2. The Bertz CT molecular complexity index is 861. The van der Waals surface area contributed by atoms with E-state index in [1.165, 1.54) is 24.0 Å². The van der Waals surface area contributed by atoms with Crippen molar-refractivity contribution in [2.24, 2.45) is 5.92 Å². The summed E-state index contributed by atoms with van der Waals surface area (Å²) < 4.78 is 0. The molecule has 1 amide bonds. The summed E-state index contributed by atoms with van der Waals surface area (Å²) in [5.41, 5.74) is 3.13. The summed E-state index contributed by atoms with van der Waals surface area (Å²) in [6.45, 7) is 4.49. The molecule has 3 atom stereocenters. The normalized spacial score (nSPS) is 30.0. The van der Waals surface area contributed by atoms with Crippen LogP contribution in [0.1, 0.15) is 47.7 Å². The number of amides is 1. The van der Waals surface area contributed by atoms with Crippen molar-refractivity contribution in [1.82, 2.24) is 10.2 Å². The van der Waals surface area contributed by atoms with Crippen LogP contribution in [0.5, 0.6) is 5.75 Å². The van der Waals surface area contributed by atoms with Crippen LogP contribution in [0.4, 0.5) is 0 Å². The molecule has 142 valence electrons. The lowest BCUT2D eigenvalue weighted by molar-refractivity contribution is 0.0394. The summed E-state index contributed by atoms with van der Waals surface area (Å²) in [4.78, 5) is 15.5. The highest BCUT2D eigenvalue weighted by Crippen LogP contribution is 2.47. The summed E-state index contributed by atoms with van der Waals surface area (Å²) in [6, 6.07) is 8.07. The Morgan fingerprint density at radius 2 is 2.22 bits per heavy atom. The minimum atomic E-state index is -0.150. The second-order valence-electron chi connectivity index (χ2n) is 8.68. The molecule has 3 aliphatic rings. The van der Waals surface area contributed by atoms with E-state index in [4.69, 9.17) is 0 Å². The highest BCUT2D eigenvalue weighted by molar-refractivity contribution is 7.08. The van der Waals surface area contributed by atoms with Crippen molar-refractivity contribution in [3.05, 3.63) is 51.7 Å². The van der Waals surface area contributed by atoms with Crippen molar-refractivity contribution < 1.29 is 9.90 Å². The first-order valence-corrected chi connectivity index (χ1v) is 10.9. The van der Waals surface area contributed by atoms with Crippen molar-refractivity contribution >= 4 is 17.2 Å². The van der Waals surface area contributed by atoms with Crippen LogP contribution in [0.25, 0.3) is 0 Å². The molecule has 2 N–H and O–H groups in total. The number of phenolic OH excluding ortho intramolecular Hbond substituents is 1. The van der Waals surface area contributed by atoms with E-state index < -0.39 is 0 Å². The fourth-order valence-electron chi connectivity index (χ4n) is 5.11. The van der Waals surface area contributed by atoms with E-state index in [2.05, 4.69) is 23.2 Å². The van der Waals surface area contributed by atoms with Crippen molar-refractivity contribution in [3.8, 4) is 5.75 Å². The third-order valence-corrected chi connectivity index (χ3v) is 7.54. The fraction of sp³-hybridized carbons (Fsp3) is 0.500. The number of aromatic hydroxyl groups is 1. The van der Waals surface area contributed by atoms with Gasteiger partial charge in [0.05, 0.1) is 6.04 Å². The molecule has 2 aliphatic carbocycles. The zero-order valence-corrected chi connectivity index (χ0v) is 16.5. The van der Waals surface area contributed by atoms with Gasteiger partial charge >= 0.3 is 0 Å². The first kappa shape index (κ1) is 17.3. The number of phenols is 1. The predicted molar refractivity (Wildman–Crippen MR) is 107 cm³/mol. The van der Waals surface area contributed by atoms with E-state index in [1.807, 2.05) is 22.9 Å². The smallest absolute Gasteiger partial charge is 0.252 e. The van der Waals surface area contributed by atoms with Gasteiger partial charge in [-0.2, -0.15) is 11.3 Å². The van der Waals surface area contributed by atoms with Crippen LogP contribution in [-0.2, 0) is 11.8 Å². The SMILES string of the molecule is C[C@]12CCN(CC3CC3)[C@H](Cc3ccc(O)cc31)[C@@H]2NC(=O)c1ccsc1. The molecule has 0 radical (unpaired) electrons. The van der Waals surface area contributed by atoms with E-state index in [0.717, 1.165) is 37.4 Å². The lowest BCUT2D eigenvalue weighted by Crippen LogP contribution is -2.68. The molecule has 5 heteroatoms. The van der Waals surface area contributed by atoms with Crippen LogP contribution in [0, 0.1) is 5.92 Å². The van der Waals surface area contributed by atoms with Crippen LogP contribution in [0.2, 0.25) is 0 Å². The van der Waals surface area contributed by atoms with Crippen LogP contribution < -0.4 is 5.32 Å². The molecule has 2 heterocycles. The van der Waals surface area contributed by atoms with Crippen LogP contribution >= 0.6 is 11.3 Å². The van der Waals surface area contributed by atoms with E-state index in [-0.39, 0.29) is 17.4 Å². The molecule has 27 heavy (non-hydrogen) atoms. The number of carbonyl (C=O) groups excluding carboxylic acids is 1. The Kier molecular flexibility index (Phi) is 4.06. The number of hydrogen-bond acceptors (Lipinski definition) is 4. The topological polar surface area (TPSA) is 52.6 Å². The van der Waals surface area contributed by atoms with Gasteiger partial charge in [-0.15, -0.1) is 0 Å². The average molecular weight is 383 g/mol. The van der Waals surface area contributed by atoms with Crippen LogP contribution in [0.3, 0.4) is 0 Å². The van der Waals surface area contributed by atoms with Gasteiger partial charge in [-0.1, -0.05) is 13.0 Å². The number of thiophene rings is 1. The Labute approximate surface area is 164 Å². The Morgan fingerprint density at radius 1 is 1.37 bits per heavy atom. The zero-order chi connectivity index (χ0) is 18.6. The van der Waals surface area contributed by atoms with Crippen molar-refractivity contribution in [3.63, 3.8) is 0 Å². The quantitative estimate of drug-likeness (QED) is 0.850. The zero-order valence-electron chi connectivity index (χ0n) is 15.6. The summed E-state index contributed by atoms with van der Waals surface area (Å²) in [5, 5.41) is 17.4. The van der Waals surface area contributed by atoms with Gasteiger partial charge in [-0.05, 0) is 72.9 Å². The number of nitrogens with one attached hydrogen (secondary N) is 1. The van der Waals surface area contributed by atoms with Crippen LogP contribution in [0.15, 0.2) is 35.0 Å². The number of piperidine rings is 1. The minimum absolute atomic E-state index is 0.0225. The molecule has 4 nitrogen and oxygen atoms in total. The Balaban J connectivity index is 1.52. The third kappa shape index (κ3) is 2.97. The minimum Gasteiger partial charge on any atom is -0.508 e. The molecular formula is C22H26N2O2S. The summed E-state index contributed by atoms with van der Waals surface area (Å²) in [6.07, 6.45) is 4.63. The average Bonchev–Trinajstić information content (AvgIpc) is 3.29. The molecule has 1 aromatic carbocycles. The number of nitrogens with zero attached hydrogens (tertiary/aromatic N) is 1. The van der Waals surface area contributed by atoms with E-state index >= 15 is 0 Å². The molecule has 1 saturated carbocycles. The largest absolute Gasteiger partial charge is 0.508 e. The van der Waals surface area contributed by atoms with Crippen molar-refractivity contribution in [1.29, 1.82) is 0 Å². The maximum Gasteiger partial charge on any atom is 0.252 e. The number of carbonyl (C=O) groups is 1. The van der Waals surface area contributed by atoms with Crippen LogP contribution in [-0.4, -0.2) is 41.1 Å². The van der Waals surface area contributed by atoms with E-state index in [1.54, 1.807) is 17.4 Å². The highest BCUT2D eigenvalue weighted by atomic mass is 32.1. The second-order valence-corrected chi connectivity index (χ2v) is 9.46. The molecule has 1 aliphatic heterocycles. The van der Waals surface area contributed by atoms with Crippen molar-refractivity contribution in [2.75, 3.05) is 13.1 Å². The molecule has 2 aromatic rings. The predicted octanol–water partition coefficient (Wildman–Crippen LogP) is 3.55. The first-order chi connectivity index (χ1) is 13.0. The van der Waals surface area contributed by atoms with Gasteiger partial charge in [0.15, 0.2) is 0 Å². The van der Waals surface area contributed by atoms with E-state index in [0.29, 0.717) is 11.8 Å². The summed E-state index contributed by atoms with van der Waals surface area (Å²) in [7, 11) is 0. The summed E-state index contributed by atoms with van der Waals surface area (Å²) in [5.74, 6) is 1.18. The molecule has 2 fully saturated rings. The number of rotatable bonds is 4. The van der Waals surface area contributed by atoms with Gasteiger partial charge in [-0.3, -0.25) is 9.69 Å².